The number of rotatable bonds is 2. The van der Waals surface area contributed by atoms with Gasteiger partial charge in [-0.3, -0.25) is 0 Å². The van der Waals surface area contributed by atoms with Gasteiger partial charge in [0.25, 0.3) is 0 Å². The van der Waals surface area contributed by atoms with Crippen LogP contribution in [-0.4, -0.2) is 6.67 Å². The van der Waals surface area contributed by atoms with Crippen LogP contribution >= 0.6 is 11.6 Å². The minimum atomic E-state index is -0.979. The summed E-state index contributed by atoms with van der Waals surface area (Å²) in [4.78, 5) is 0. The molecule has 0 aliphatic carbocycles. The third-order valence-corrected chi connectivity index (χ3v) is 2.36. The van der Waals surface area contributed by atoms with Crippen LogP contribution in [0.3, 0.4) is 0 Å². The van der Waals surface area contributed by atoms with Crippen molar-refractivity contribution in [3.63, 3.8) is 0 Å². The van der Waals surface area contributed by atoms with Crippen molar-refractivity contribution in [1.29, 1.82) is 0 Å². The lowest BCUT2D eigenvalue weighted by atomic mass is 10.1. The molecule has 13 heavy (non-hydrogen) atoms. The van der Waals surface area contributed by atoms with Gasteiger partial charge in [0.15, 0.2) is 0 Å². The van der Waals surface area contributed by atoms with Gasteiger partial charge >= 0.3 is 0 Å². The van der Waals surface area contributed by atoms with E-state index in [0.717, 1.165) is 0 Å². The summed E-state index contributed by atoms with van der Waals surface area (Å²) in [7, 11) is 0. The van der Waals surface area contributed by atoms with Crippen LogP contribution in [0, 0.1) is 12.7 Å². The van der Waals surface area contributed by atoms with Crippen molar-refractivity contribution >= 4 is 11.6 Å². The van der Waals surface area contributed by atoms with E-state index in [1.807, 2.05) is 0 Å². The summed E-state index contributed by atoms with van der Waals surface area (Å²) < 4.78 is 25.4. The van der Waals surface area contributed by atoms with E-state index in [2.05, 4.69) is 0 Å². The Morgan fingerprint density at radius 3 is 2.69 bits per heavy atom. The zero-order valence-corrected chi connectivity index (χ0v) is 7.91. The molecule has 72 valence electrons. The number of alkyl halides is 1. The number of hydrogen-bond acceptors (Lipinski definition) is 1. The number of aryl methyl sites for hydroxylation is 1. The first kappa shape index (κ1) is 10.4. The lowest BCUT2D eigenvalue weighted by molar-refractivity contribution is 0.427. The van der Waals surface area contributed by atoms with Crippen LogP contribution in [0.2, 0.25) is 5.02 Å². The minimum absolute atomic E-state index is 0.0594. The third-order valence-electron chi connectivity index (χ3n) is 1.86. The van der Waals surface area contributed by atoms with Crippen molar-refractivity contribution in [3.05, 3.63) is 34.1 Å². The molecular weight excluding hydrogens is 196 g/mol. The second-order valence-electron chi connectivity index (χ2n) is 2.85. The maximum atomic E-state index is 13.1. The average molecular weight is 206 g/mol. The fraction of sp³-hybridized carbons (Fsp3) is 0.333. The second-order valence-corrected chi connectivity index (χ2v) is 3.23. The summed E-state index contributed by atoms with van der Waals surface area (Å²) in [6.07, 6.45) is 0. The van der Waals surface area contributed by atoms with E-state index in [1.165, 1.54) is 12.1 Å². The Kier molecular flexibility index (Phi) is 3.22. The van der Waals surface area contributed by atoms with Crippen molar-refractivity contribution in [2.24, 2.45) is 5.73 Å². The van der Waals surface area contributed by atoms with Gasteiger partial charge in [-0.1, -0.05) is 17.7 Å². The van der Waals surface area contributed by atoms with E-state index < -0.39 is 18.5 Å². The van der Waals surface area contributed by atoms with Crippen LogP contribution in [0.4, 0.5) is 8.78 Å². The van der Waals surface area contributed by atoms with E-state index in [0.29, 0.717) is 5.56 Å². The van der Waals surface area contributed by atoms with Gasteiger partial charge in [-0.2, -0.15) is 0 Å². The van der Waals surface area contributed by atoms with Crippen LogP contribution in [-0.2, 0) is 0 Å². The maximum absolute atomic E-state index is 13.1. The molecular formula is C9H10ClF2N. The third kappa shape index (κ3) is 1.98. The fourth-order valence-electron chi connectivity index (χ4n) is 1.10. The van der Waals surface area contributed by atoms with Crippen LogP contribution < -0.4 is 5.73 Å². The predicted molar refractivity (Wildman–Crippen MR) is 49.1 cm³/mol. The monoisotopic (exact) mass is 205 g/mol. The Labute approximate surface area is 80.5 Å². The quantitative estimate of drug-likeness (QED) is 0.790. The zero-order chi connectivity index (χ0) is 10.0. The topological polar surface area (TPSA) is 26.0 Å². The van der Waals surface area contributed by atoms with Gasteiger partial charge < -0.3 is 5.73 Å². The molecule has 0 aliphatic rings. The van der Waals surface area contributed by atoms with Crippen LogP contribution in [0.1, 0.15) is 17.2 Å². The molecule has 4 heteroatoms. The maximum Gasteiger partial charge on any atom is 0.129 e. The molecule has 0 aromatic heterocycles. The first-order valence-corrected chi connectivity index (χ1v) is 4.21. The molecule has 0 fully saturated rings. The molecule has 1 atom stereocenters. The van der Waals surface area contributed by atoms with Gasteiger partial charge in [0.2, 0.25) is 0 Å². The average Bonchev–Trinajstić information content (AvgIpc) is 2.12. The number of halogens is 3. The normalized spacial score (nSPS) is 13.0. The Balaban J connectivity index is 3.25. The van der Waals surface area contributed by atoms with E-state index >= 15 is 0 Å². The Morgan fingerprint density at radius 1 is 1.54 bits per heavy atom. The highest BCUT2D eigenvalue weighted by Crippen LogP contribution is 2.27. The Morgan fingerprint density at radius 2 is 2.15 bits per heavy atom. The second kappa shape index (κ2) is 4.03. The highest BCUT2D eigenvalue weighted by molar-refractivity contribution is 6.32. The fourth-order valence-corrected chi connectivity index (χ4v) is 1.39. The summed E-state index contributed by atoms with van der Waals surface area (Å²) in [5.74, 6) is -0.555. The van der Waals surface area contributed by atoms with Crippen molar-refractivity contribution in [2.45, 2.75) is 13.0 Å². The molecule has 1 unspecified atom stereocenters. The van der Waals surface area contributed by atoms with Gasteiger partial charge in [-0.05, 0) is 18.6 Å². The van der Waals surface area contributed by atoms with Gasteiger partial charge in [0.1, 0.15) is 12.5 Å². The SMILES string of the molecule is Cc1ccc(F)c(C(N)CF)c1Cl. The predicted octanol–water partition coefficient (Wildman–Crippen LogP) is 2.76. The van der Waals surface area contributed by atoms with Gasteiger partial charge in [-0.15, -0.1) is 0 Å². The van der Waals surface area contributed by atoms with E-state index in [1.54, 1.807) is 6.92 Å². The van der Waals surface area contributed by atoms with Gasteiger partial charge in [0, 0.05) is 5.56 Å². The number of benzene rings is 1. The lowest BCUT2D eigenvalue weighted by Crippen LogP contribution is -2.15. The summed E-state index contributed by atoms with van der Waals surface area (Å²) in [6.45, 7) is 0.899. The summed E-state index contributed by atoms with van der Waals surface area (Å²) in [5.41, 5.74) is 6.12. The summed E-state index contributed by atoms with van der Waals surface area (Å²) in [6, 6.07) is 1.80. The van der Waals surface area contributed by atoms with E-state index in [9.17, 15) is 8.78 Å². The van der Waals surface area contributed by atoms with E-state index in [4.69, 9.17) is 17.3 Å². The molecule has 1 aromatic carbocycles. The molecule has 1 rings (SSSR count). The molecule has 0 aliphatic heterocycles. The minimum Gasteiger partial charge on any atom is -0.322 e. The Hall–Kier alpha value is -0.670. The number of hydrogen-bond donors (Lipinski definition) is 1. The smallest absolute Gasteiger partial charge is 0.129 e. The van der Waals surface area contributed by atoms with Gasteiger partial charge in [-0.25, -0.2) is 8.78 Å². The molecule has 0 spiro atoms. The molecule has 0 amide bonds. The van der Waals surface area contributed by atoms with Gasteiger partial charge in [0.05, 0.1) is 11.1 Å². The van der Waals surface area contributed by atoms with Crippen molar-refractivity contribution in [2.75, 3.05) is 6.67 Å². The lowest BCUT2D eigenvalue weighted by Gasteiger charge is -2.12. The zero-order valence-electron chi connectivity index (χ0n) is 7.15. The standard InChI is InChI=1S/C9H10ClF2N/c1-5-2-3-6(12)8(9(5)10)7(13)4-11/h2-3,7H,4,13H2,1H3. The molecule has 0 radical (unpaired) electrons. The number of nitrogens with two attached hydrogens (primary N) is 1. The molecule has 2 N–H and O–H groups in total. The molecule has 1 nitrogen and oxygen atoms in total. The first-order valence-electron chi connectivity index (χ1n) is 3.84. The van der Waals surface area contributed by atoms with Crippen molar-refractivity contribution in [3.8, 4) is 0 Å². The van der Waals surface area contributed by atoms with Crippen LogP contribution in [0.25, 0.3) is 0 Å². The van der Waals surface area contributed by atoms with Crippen molar-refractivity contribution in [1.82, 2.24) is 0 Å². The van der Waals surface area contributed by atoms with E-state index in [-0.39, 0.29) is 10.6 Å². The van der Waals surface area contributed by atoms with Crippen LogP contribution in [0.15, 0.2) is 12.1 Å². The highest BCUT2D eigenvalue weighted by Gasteiger charge is 2.16. The molecule has 0 saturated carbocycles. The first-order chi connectivity index (χ1) is 6.07. The largest absolute Gasteiger partial charge is 0.322 e. The summed E-state index contributed by atoms with van der Waals surface area (Å²) in [5, 5.41) is 0.213. The Bertz CT molecular complexity index is 315. The van der Waals surface area contributed by atoms with Crippen LogP contribution in [0.5, 0.6) is 0 Å². The highest BCUT2D eigenvalue weighted by atomic mass is 35.5. The molecule has 0 heterocycles. The molecule has 0 saturated heterocycles. The molecule has 0 bridgehead atoms. The summed E-state index contributed by atoms with van der Waals surface area (Å²) >= 11 is 5.79. The molecule has 1 aromatic rings. The van der Waals surface area contributed by atoms with Crippen molar-refractivity contribution < 1.29 is 8.78 Å².